The number of rotatable bonds is 29. The smallest absolute Gasteiger partial charge is 0.550 e. The Bertz CT molecular complexity index is 496. The minimum Gasteiger partial charge on any atom is -0.550 e. The van der Waals surface area contributed by atoms with Crippen molar-refractivity contribution in [3.8, 4) is 0 Å². The molecule has 0 aromatic heterocycles. The molecule has 0 saturated heterocycles. The second-order valence-electron chi connectivity index (χ2n) is 11.9. The van der Waals surface area contributed by atoms with Gasteiger partial charge in [-0.1, -0.05) is 168 Å². The number of unbranched alkanes of at least 4 members (excludes halogenated alkanes) is 24. The minimum absolute atomic E-state index is 0. The summed E-state index contributed by atoms with van der Waals surface area (Å²) in [4.78, 5) is 21.5. The van der Waals surface area contributed by atoms with Crippen molar-refractivity contribution in [2.24, 2.45) is 0 Å². The molecular formula is C35H69NaO4. The Kier molecular flexibility index (Phi) is 43.2. The van der Waals surface area contributed by atoms with Gasteiger partial charge < -0.3 is 14.6 Å². The molecule has 0 aliphatic carbocycles. The van der Waals surface area contributed by atoms with Gasteiger partial charge in [0.05, 0.1) is 6.10 Å². The molecule has 40 heavy (non-hydrogen) atoms. The van der Waals surface area contributed by atoms with Crippen molar-refractivity contribution in [1.29, 1.82) is 0 Å². The largest absolute Gasteiger partial charge is 1.00 e. The van der Waals surface area contributed by atoms with Gasteiger partial charge in [-0.25, -0.2) is 0 Å². The van der Waals surface area contributed by atoms with Crippen LogP contribution >= 0.6 is 0 Å². The predicted octanol–water partition coefficient (Wildman–Crippen LogP) is 7.64. The molecule has 0 aliphatic heterocycles. The molecule has 0 unspecified atom stereocenters. The molecule has 0 fully saturated rings. The first-order valence-corrected chi connectivity index (χ1v) is 17.3. The fourth-order valence-electron chi connectivity index (χ4n) is 4.90. The van der Waals surface area contributed by atoms with Gasteiger partial charge >= 0.3 is 35.5 Å². The van der Waals surface area contributed by atoms with Crippen molar-refractivity contribution in [2.45, 2.75) is 214 Å². The van der Waals surface area contributed by atoms with Gasteiger partial charge in [0, 0.05) is 12.4 Å². The van der Waals surface area contributed by atoms with E-state index in [-0.39, 0.29) is 48.1 Å². The summed E-state index contributed by atoms with van der Waals surface area (Å²) in [5, 5.41) is 10.2. The van der Waals surface area contributed by atoms with Crippen LogP contribution < -0.4 is 34.7 Å². The standard InChI is InChI=1S/C18H36O2.C17H34O2.Na/c1-2-3-4-5-6-7-8-9-10-11-12-13-14-15-16-17-18(19)20;1-4-5-6-7-8-9-10-11-12-13-14-15-17(18)19-16(2)3;/h2-17H2,1H3,(H,19,20);16H,4-15H2,1-3H3;/q;;+1/p-1. The predicted molar refractivity (Wildman–Crippen MR) is 167 cm³/mol. The maximum Gasteiger partial charge on any atom is 1.00 e. The van der Waals surface area contributed by atoms with Crippen LogP contribution in [0.25, 0.3) is 0 Å². The average Bonchev–Trinajstić information content (AvgIpc) is 2.89. The third kappa shape index (κ3) is 44.9. The van der Waals surface area contributed by atoms with E-state index in [0.29, 0.717) is 6.42 Å². The van der Waals surface area contributed by atoms with Gasteiger partial charge in [0.15, 0.2) is 0 Å². The zero-order chi connectivity index (χ0) is 29.2. The average molecular weight is 577 g/mol. The molecule has 5 heteroatoms. The van der Waals surface area contributed by atoms with Crippen molar-refractivity contribution in [3.05, 3.63) is 0 Å². The number of carboxylic acids is 1. The molecule has 0 aromatic rings. The molecule has 0 atom stereocenters. The second-order valence-corrected chi connectivity index (χ2v) is 11.9. The van der Waals surface area contributed by atoms with Crippen LogP contribution in [0.1, 0.15) is 207 Å². The Hall–Kier alpha value is -0.0600. The summed E-state index contributed by atoms with van der Waals surface area (Å²) in [6.45, 7) is 8.33. The molecule has 234 valence electrons. The fraction of sp³-hybridized carbons (Fsp3) is 0.943. The van der Waals surface area contributed by atoms with Crippen LogP contribution in [0, 0.1) is 0 Å². The van der Waals surface area contributed by atoms with E-state index in [9.17, 15) is 14.7 Å². The number of aliphatic carboxylic acids is 1. The first kappa shape index (κ1) is 44.4. The minimum atomic E-state index is -0.903. The number of carboxylic acid groups (broad SMARTS) is 1. The number of hydrogen-bond acceptors (Lipinski definition) is 4. The molecule has 0 rings (SSSR count). The summed E-state index contributed by atoms with van der Waals surface area (Å²) in [5.74, 6) is -0.939. The Morgan fingerprint density at radius 1 is 0.475 bits per heavy atom. The van der Waals surface area contributed by atoms with Crippen LogP contribution in [0.5, 0.6) is 0 Å². The van der Waals surface area contributed by atoms with Crippen LogP contribution in [0.15, 0.2) is 0 Å². The van der Waals surface area contributed by atoms with E-state index in [1.54, 1.807) is 0 Å². The topological polar surface area (TPSA) is 66.4 Å². The van der Waals surface area contributed by atoms with E-state index in [4.69, 9.17) is 4.74 Å². The molecule has 0 spiro atoms. The maximum atomic E-state index is 11.3. The van der Waals surface area contributed by atoms with E-state index >= 15 is 0 Å². The van der Waals surface area contributed by atoms with Gasteiger partial charge in [-0.05, 0) is 33.1 Å². The summed E-state index contributed by atoms with van der Waals surface area (Å²) in [7, 11) is 0. The van der Waals surface area contributed by atoms with Gasteiger partial charge in [0.1, 0.15) is 0 Å². The number of carbonyl (C=O) groups excluding carboxylic acids is 2. The Labute approximate surface area is 273 Å². The Morgan fingerprint density at radius 3 is 0.975 bits per heavy atom. The molecule has 0 saturated carbocycles. The van der Waals surface area contributed by atoms with Gasteiger partial charge in [0.2, 0.25) is 0 Å². The van der Waals surface area contributed by atoms with Crippen molar-refractivity contribution in [3.63, 3.8) is 0 Å². The van der Waals surface area contributed by atoms with Crippen molar-refractivity contribution in [1.82, 2.24) is 0 Å². The van der Waals surface area contributed by atoms with E-state index < -0.39 is 5.97 Å². The van der Waals surface area contributed by atoms with Crippen LogP contribution in [0.3, 0.4) is 0 Å². The molecule has 0 aliphatic rings. The van der Waals surface area contributed by atoms with E-state index in [2.05, 4.69) is 13.8 Å². The number of ether oxygens (including phenoxy) is 1. The SMILES string of the molecule is CCCCCCCCCCCCCC(=O)OC(C)C.CCCCCCCCCCCCCCCCCC(=O)[O-].[Na+]. The van der Waals surface area contributed by atoms with Gasteiger partial charge in [-0.3, -0.25) is 4.79 Å². The van der Waals surface area contributed by atoms with Crippen molar-refractivity contribution in [2.75, 3.05) is 0 Å². The zero-order valence-corrected chi connectivity index (χ0v) is 30.0. The van der Waals surface area contributed by atoms with Crippen LogP contribution in [-0.4, -0.2) is 18.0 Å². The number of hydrogen-bond donors (Lipinski definition) is 0. The third-order valence-electron chi connectivity index (χ3n) is 7.34. The second kappa shape index (κ2) is 38.9. The van der Waals surface area contributed by atoms with E-state index in [1.807, 2.05) is 13.8 Å². The molecule has 0 radical (unpaired) electrons. The van der Waals surface area contributed by atoms with Crippen molar-refractivity contribution < 1.29 is 49.0 Å². The van der Waals surface area contributed by atoms with Crippen LogP contribution in [-0.2, 0) is 14.3 Å². The molecule has 0 heterocycles. The summed E-state index contributed by atoms with van der Waals surface area (Å²) < 4.78 is 5.10. The number of carbonyl (C=O) groups is 2. The molecular weight excluding hydrogens is 507 g/mol. The van der Waals surface area contributed by atoms with E-state index in [1.165, 1.54) is 148 Å². The molecule has 0 bridgehead atoms. The monoisotopic (exact) mass is 577 g/mol. The Morgan fingerprint density at radius 2 is 0.725 bits per heavy atom. The van der Waals surface area contributed by atoms with Crippen LogP contribution in [0.2, 0.25) is 0 Å². The van der Waals surface area contributed by atoms with Crippen LogP contribution in [0.4, 0.5) is 0 Å². The normalized spacial score (nSPS) is 10.6. The summed E-state index contributed by atoms with van der Waals surface area (Å²) >= 11 is 0. The third-order valence-corrected chi connectivity index (χ3v) is 7.34. The Balaban J connectivity index is -0.000000669. The zero-order valence-electron chi connectivity index (χ0n) is 28.0. The van der Waals surface area contributed by atoms with E-state index in [0.717, 1.165) is 19.3 Å². The molecule has 4 nitrogen and oxygen atoms in total. The molecule has 0 aromatic carbocycles. The maximum absolute atomic E-state index is 11.3. The molecule has 0 N–H and O–H groups in total. The molecule has 0 amide bonds. The van der Waals surface area contributed by atoms with Gasteiger partial charge in [-0.15, -0.1) is 0 Å². The first-order chi connectivity index (χ1) is 18.9. The number of esters is 1. The summed E-state index contributed by atoms with van der Waals surface area (Å²) in [6.07, 6.45) is 34.9. The fourth-order valence-corrected chi connectivity index (χ4v) is 4.90. The van der Waals surface area contributed by atoms with Gasteiger partial charge in [0.25, 0.3) is 0 Å². The quantitative estimate of drug-likeness (QED) is 0.0521. The van der Waals surface area contributed by atoms with Crippen molar-refractivity contribution >= 4 is 11.9 Å². The van der Waals surface area contributed by atoms with Gasteiger partial charge in [-0.2, -0.15) is 0 Å². The first-order valence-electron chi connectivity index (χ1n) is 17.3. The summed E-state index contributed by atoms with van der Waals surface area (Å²) in [5.41, 5.74) is 0. The summed E-state index contributed by atoms with van der Waals surface area (Å²) in [6, 6.07) is 0.